The van der Waals surface area contributed by atoms with Crippen LogP contribution < -0.4 is 5.56 Å². The van der Waals surface area contributed by atoms with Gasteiger partial charge in [-0.3, -0.25) is 4.79 Å². The van der Waals surface area contributed by atoms with E-state index in [-0.39, 0.29) is 10.5 Å². The lowest BCUT2D eigenvalue weighted by molar-refractivity contribution is 0.543. The summed E-state index contributed by atoms with van der Waals surface area (Å²) < 4.78 is 24.3. The van der Waals surface area contributed by atoms with Crippen molar-refractivity contribution in [3.05, 3.63) is 46.9 Å². The second-order valence-electron chi connectivity index (χ2n) is 4.96. The number of aryl methyl sites for hydroxylation is 1. The molecule has 0 saturated carbocycles. The van der Waals surface area contributed by atoms with Gasteiger partial charge in [0, 0.05) is 24.4 Å². The highest BCUT2D eigenvalue weighted by atomic mass is 32.2. The van der Waals surface area contributed by atoms with Gasteiger partial charge in [0.1, 0.15) is 0 Å². The molecule has 112 valence electrons. The molecular weight excluding hydrogens is 288 g/mol. The van der Waals surface area contributed by atoms with Gasteiger partial charge in [-0.1, -0.05) is 25.5 Å². The van der Waals surface area contributed by atoms with Gasteiger partial charge in [0.05, 0.1) is 11.1 Å². The summed E-state index contributed by atoms with van der Waals surface area (Å²) in [6.45, 7) is 2.67. The smallest absolute Gasteiger partial charge is 0.267 e. The van der Waals surface area contributed by atoms with Crippen molar-refractivity contribution in [2.75, 3.05) is 6.26 Å². The van der Waals surface area contributed by atoms with E-state index in [0.717, 1.165) is 18.4 Å². The maximum absolute atomic E-state index is 11.9. The van der Waals surface area contributed by atoms with Gasteiger partial charge in [-0.25, -0.2) is 13.1 Å². The number of unbranched alkanes of at least 4 members (excludes halogenated alkanes) is 1. The monoisotopic (exact) mass is 306 g/mol. The molecule has 0 bridgehead atoms. The van der Waals surface area contributed by atoms with Crippen LogP contribution in [0.5, 0.6) is 0 Å². The minimum absolute atomic E-state index is 0.145. The van der Waals surface area contributed by atoms with Gasteiger partial charge in [-0.15, -0.1) is 0 Å². The highest BCUT2D eigenvalue weighted by Crippen LogP contribution is 2.19. The van der Waals surface area contributed by atoms with E-state index < -0.39 is 9.84 Å². The van der Waals surface area contributed by atoms with Crippen molar-refractivity contribution in [1.29, 1.82) is 0 Å². The third-order valence-electron chi connectivity index (χ3n) is 3.21. The third-order valence-corrected chi connectivity index (χ3v) is 4.34. The Morgan fingerprint density at radius 2 is 1.81 bits per heavy atom. The average molecular weight is 306 g/mol. The van der Waals surface area contributed by atoms with Crippen molar-refractivity contribution in [2.45, 2.75) is 31.2 Å². The van der Waals surface area contributed by atoms with E-state index in [2.05, 4.69) is 12.0 Å². The maximum atomic E-state index is 11.9. The van der Waals surface area contributed by atoms with Gasteiger partial charge in [0.2, 0.25) is 0 Å². The van der Waals surface area contributed by atoms with E-state index in [4.69, 9.17) is 0 Å². The molecule has 0 saturated heterocycles. The molecule has 0 N–H and O–H groups in total. The van der Waals surface area contributed by atoms with Crippen LogP contribution in [0.25, 0.3) is 11.1 Å². The molecule has 0 aliphatic carbocycles. The van der Waals surface area contributed by atoms with Crippen LogP contribution in [0.4, 0.5) is 0 Å². The molecule has 5 nitrogen and oxygen atoms in total. The molecule has 6 heteroatoms. The number of hydrogen-bond donors (Lipinski definition) is 0. The zero-order chi connectivity index (χ0) is 15.5. The van der Waals surface area contributed by atoms with E-state index in [1.165, 1.54) is 29.1 Å². The van der Waals surface area contributed by atoms with Crippen LogP contribution in [0.3, 0.4) is 0 Å². The van der Waals surface area contributed by atoms with Crippen molar-refractivity contribution in [3.63, 3.8) is 0 Å². The molecule has 2 rings (SSSR count). The zero-order valence-corrected chi connectivity index (χ0v) is 12.9. The molecule has 0 spiro atoms. The molecule has 1 heterocycles. The lowest BCUT2D eigenvalue weighted by Crippen LogP contribution is -2.21. The Morgan fingerprint density at radius 1 is 1.14 bits per heavy atom. The quantitative estimate of drug-likeness (QED) is 0.848. The molecule has 0 amide bonds. The van der Waals surface area contributed by atoms with Crippen LogP contribution >= 0.6 is 0 Å². The highest BCUT2D eigenvalue weighted by molar-refractivity contribution is 7.90. The van der Waals surface area contributed by atoms with Crippen molar-refractivity contribution in [2.24, 2.45) is 0 Å². The Hall–Kier alpha value is -1.95. The van der Waals surface area contributed by atoms with Gasteiger partial charge in [0.25, 0.3) is 5.56 Å². The van der Waals surface area contributed by atoms with E-state index in [1.54, 1.807) is 18.3 Å². The molecule has 0 fully saturated rings. The Kier molecular flexibility index (Phi) is 4.57. The van der Waals surface area contributed by atoms with Crippen molar-refractivity contribution < 1.29 is 8.42 Å². The summed E-state index contributed by atoms with van der Waals surface area (Å²) in [6.07, 6.45) is 4.71. The molecule has 0 unspecified atom stereocenters. The van der Waals surface area contributed by atoms with Crippen LogP contribution in [-0.4, -0.2) is 24.5 Å². The van der Waals surface area contributed by atoms with Gasteiger partial charge in [-0.05, 0) is 24.1 Å². The fraction of sp³-hybridized carbons (Fsp3) is 0.333. The van der Waals surface area contributed by atoms with Gasteiger partial charge < -0.3 is 0 Å². The van der Waals surface area contributed by atoms with Crippen molar-refractivity contribution in [3.8, 4) is 11.1 Å². The normalized spacial score (nSPS) is 11.5. The summed E-state index contributed by atoms with van der Waals surface area (Å²) in [5.41, 5.74) is 1.32. The number of sulfone groups is 1. The van der Waals surface area contributed by atoms with E-state index in [1.807, 2.05) is 0 Å². The summed E-state index contributed by atoms with van der Waals surface area (Å²) in [4.78, 5) is 12.2. The first-order chi connectivity index (χ1) is 9.91. The first-order valence-electron chi connectivity index (χ1n) is 6.79. The highest BCUT2D eigenvalue weighted by Gasteiger charge is 2.08. The number of benzene rings is 1. The fourth-order valence-corrected chi connectivity index (χ4v) is 2.59. The van der Waals surface area contributed by atoms with Crippen molar-refractivity contribution in [1.82, 2.24) is 9.78 Å². The Balaban J connectivity index is 2.30. The SMILES string of the molecule is CCCCn1ncc(-c2ccc(S(C)(=O)=O)cc2)cc1=O. The summed E-state index contributed by atoms with van der Waals surface area (Å²) in [7, 11) is -3.21. The first-order valence-corrected chi connectivity index (χ1v) is 8.68. The van der Waals surface area contributed by atoms with Crippen LogP contribution in [0, 0.1) is 0 Å². The Labute approximate surface area is 124 Å². The van der Waals surface area contributed by atoms with Gasteiger partial charge >= 0.3 is 0 Å². The second-order valence-corrected chi connectivity index (χ2v) is 6.97. The molecule has 0 atom stereocenters. The summed E-state index contributed by atoms with van der Waals surface area (Å²) in [5.74, 6) is 0. The fourth-order valence-electron chi connectivity index (χ4n) is 1.96. The molecule has 0 aliphatic rings. The summed E-state index contributed by atoms with van der Waals surface area (Å²) in [6, 6.07) is 7.96. The van der Waals surface area contributed by atoms with E-state index in [0.29, 0.717) is 12.1 Å². The number of rotatable bonds is 5. The van der Waals surface area contributed by atoms with Crippen molar-refractivity contribution >= 4 is 9.84 Å². The molecule has 21 heavy (non-hydrogen) atoms. The lowest BCUT2D eigenvalue weighted by Gasteiger charge is -2.06. The standard InChI is InChI=1S/C15H18N2O3S/c1-3-4-9-17-15(18)10-13(11-16-17)12-5-7-14(8-6-12)21(2,19)20/h5-8,10-11H,3-4,9H2,1-2H3. The number of hydrogen-bond acceptors (Lipinski definition) is 4. The zero-order valence-electron chi connectivity index (χ0n) is 12.1. The molecule has 1 aromatic heterocycles. The van der Waals surface area contributed by atoms with E-state index >= 15 is 0 Å². The first kappa shape index (κ1) is 15.4. The van der Waals surface area contributed by atoms with Gasteiger partial charge in [0.15, 0.2) is 9.84 Å². The average Bonchev–Trinajstić information content (AvgIpc) is 2.45. The van der Waals surface area contributed by atoms with Crippen LogP contribution in [0.2, 0.25) is 0 Å². The summed E-state index contributed by atoms with van der Waals surface area (Å²) in [5, 5.41) is 4.15. The number of nitrogens with zero attached hydrogens (tertiary/aromatic N) is 2. The minimum atomic E-state index is -3.21. The maximum Gasteiger partial charge on any atom is 0.267 e. The second kappa shape index (κ2) is 6.22. The predicted octanol–water partition coefficient (Wildman–Crippen LogP) is 2.11. The molecule has 0 aliphatic heterocycles. The van der Waals surface area contributed by atoms with Gasteiger partial charge in [-0.2, -0.15) is 5.10 Å². The molecule has 2 aromatic rings. The molecule has 1 aromatic carbocycles. The molecule has 0 radical (unpaired) electrons. The lowest BCUT2D eigenvalue weighted by atomic mass is 10.1. The third kappa shape index (κ3) is 3.78. The Morgan fingerprint density at radius 3 is 2.33 bits per heavy atom. The minimum Gasteiger partial charge on any atom is -0.268 e. The topological polar surface area (TPSA) is 69.0 Å². The van der Waals surface area contributed by atoms with Crippen LogP contribution in [-0.2, 0) is 16.4 Å². The largest absolute Gasteiger partial charge is 0.268 e. The van der Waals surface area contributed by atoms with Crippen LogP contribution in [0.1, 0.15) is 19.8 Å². The van der Waals surface area contributed by atoms with E-state index in [9.17, 15) is 13.2 Å². The predicted molar refractivity (Wildman–Crippen MR) is 82.0 cm³/mol. The summed E-state index contributed by atoms with van der Waals surface area (Å²) >= 11 is 0. The molecular formula is C15H18N2O3S. The van der Waals surface area contributed by atoms with Crippen LogP contribution in [0.15, 0.2) is 46.2 Å². The number of aromatic nitrogens is 2. The Bertz CT molecular complexity index is 777.